The third-order valence-electron chi connectivity index (χ3n) is 8.47. The molecule has 0 spiro atoms. The van der Waals surface area contributed by atoms with Gasteiger partial charge in [0.25, 0.3) is 0 Å². The van der Waals surface area contributed by atoms with Crippen LogP contribution in [0, 0.1) is 0 Å². The maximum Gasteiger partial charge on any atom is 0.338 e. The number of benzene rings is 3. The Kier molecular flexibility index (Phi) is 18.9. The summed E-state index contributed by atoms with van der Waals surface area (Å²) >= 11 is 6.37. The molecule has 0 aliphatic rings. The Morgan fingerprint density at radius 3 is 1.61 bits per heavy atom. The lowest BCUT2D eigenvalue weighted by Gasteiger charge is -2.11. The van der Waals surface area contributed by atoms with Gasteiger partial charge in [0.05, 0.1) is 10.9 Å². The highest BCUT2D eigenvalue weighted by molar-refractivity contribution is 6.20. The minimum Gasteiger partial charge on any atom is -0.461 e. The van der Waals surface area contributed by atoms with E-state index in [4.69, 9.17) is 21.1 Å². The molecule has 4 nitrogen and oxygen atoms in total. The predicted octanol–water partition coefficient (Wildman–Crippen LogP) is 11.9. The summed E-state index contributed by atoms with van der Waals surface area (Å²) in [6.45, 7) is 2.43. The molecule has 250 valence electrons. The molecule has 0 radical (unpaired) electrons. The number of rotatable bonds is 24. The van der Waals surface area contributed by atoms with E-state index < -0.39 is 5.97 Å². The third kappa shape index (κ3) is 15.9. The summed E-state index contributed by atoms with van der Waals surface area (Å²) in [6.07, 6.45) is 22.1. The number of alkyl halides is 1. The SMILES string of the molecule is CCCCCCCCCCCCCCCCCCC(=O)Oc1ccc(-c2ccc(C(=O)OCC(Cl)Cc3ccccc3)cc2)cc1. The summed E-state index contributed by atoms with van der Waals surface area (Å²) in [5.74, 6) is -0.0163. The first kappa shape index (κ1) is 37.3. The molecule has 0 N–H and O–H groups in total. The fourth-order valence-electron chi connectivity index (χ4n) is 5.69. The molecule has 1 atom stereocenters. The van der Waals surface area contributed by atoms with Gasteiger partial charge in [-0.2, -0.15) is 0 Å². The largest absolute Gasteiger partial charge is 0.461 e. The van der Waals surface area contributed by atoms with Crippen LogP contribution in [0.5, 0.6) is 5.75 Å². The lowest BCUT2D eigenvalue weighted by atomic mass is 10.0. The van der Waals surface area contributed by atoms with Crippen molar-refractivity contribution in [1.29, 1.82) is 0 Å². The van der Waals surface area contributed by atoms with E-state index in [1.54, 1.807) is 12.1 Å². The number of unbranched alkanes of at least 4 members (excludes halogenated alkanes) is 15. The number of hydrogen-bond acceptors (Lipinski definition) is 4. The third-order valence-corrected chi connectivity index (χ3v) is 8.75. The standard InChI is InChI=1S/C41H55ClO4/c1-2-3-4-5-6-7-8-9-10-11-12-13-14-15-16-20-23-40(43)46-39-30-28-36(29-31-39)35-24-26-37(27-25-35)41(44)45-33-38(42)32-34-21-18-17-19-22-34/h17-19,21-22,24-31,38H,2-16,20,23,32-33H2,1H3. The van der Waals surface area contributed by atoms with Crippen molar-refractivity contribution in [3.8, 4) is 16.9 Å². The molecule has 0 amide bonds. The topological polar surface area (TPSA) is 52.6 Å². The van der Waals surface area contributed by atoms with E-state index in [2.05, 4.69) is 6.92 Å². The van der Waals surface area contributed by atoms with Gasteiger partial charge in [0.15, 0.2) is 0 Å². The Morgan fingerprint density at radius 1 is 0.609 bits per heavy atom. The molecular weight excluding hydrogens is 592 g/mol. The lowest BCUT2D eigenvalue weighted by Crippen LogP contribution is -2.16. The van der Waals surface area contributed by atoms with E-state index in [0.29, 0.717) is 24.2 Å². The smallest absolute Gasteiger partial charge is 0.338 e. The highest BCUT2D eigenvalue weighted by Gasteiger charge is 2.13. The van der Waals surface area contributed by atoms with Crippen molar-refractivity contribution in [1.82, 2.24) is 0 Å². The molecule has 0 bridgehead atoms. The Hall–Kier alpha value is -3.11. The number of hydrogen-bond donors (Lipinski definition) is 0. The van der Waals surface area contributed by atoms with Gasteiger partial charge in [-0.25, -0.2) is 4.79 Å². The monoisotopic (exact) mass is 646 g/mol. The summed E-state index contributed by atoms with van der Waals surface area (Å²) in [5, 5.41) is -0.285. The molecule has 1 unspecified atom stereocenters. The second-order valence-electron chi connectivity index (χ2n) is 12.5. The van der Waals surface area contributed by atoms with Crippen LogP contribution in [0.25, 0.3) is 11.1 Å². The summed E-state index contributed by atoms with van der Waals surface area (Å²) in [7, 11) is 0. The van der Waals surface area contributed by atoms with Crippen LogP contribution in [-0.4, -0.2) is 23.9 Å². The van der Waals surface area contributed by atoms with Crippen LogP contribution in [0.2, 0.25) is 0 Å². The number of carbonyl (C=O) groups excluding carboxylic acids is 2. The van der Waals surface area contributed by atoms with Crippen LogP contribution in [0.15, 0.2) is 78.9 Å². The Bertz CT molecular complexity index is 1220. The van der Waals surface area contributed by atoms with Crippen LogP contribution in [-0.2, 0) is 16.0 Å². The average molecular weight is 647 g/mol. The van der Waals surface area contributed by atoms with Crippen molar-refractivity contribution in [2.75, 3.05) is 6.61 Å². The van der Waals surface area contributed by atoms with Gasteiger partial charge in [-0.3, -0.25) is 4.79 Å². The molecule has 0 saturated carbocycles. The zero-order valence-electron chi connectivity index (χ0n) is 28.0. The zero-order valence-corrected chi connectivity index (χ0v) is 28.8. The van der Waals surface area contributed by atoms with Gasteiger partial charge in [0, 0.05) is 6.42 Å². The van der Waals surface area contributed by atoms with Crippen LogP contribution in [0.1, 0.15) is 132 Å². The molecule has 0 aliphatic heterocycles. The minimum absolute atomic E-state index is 0.149. The van der Waals surface area contributed by atoms with E-state index >= 15 is 0 Å². The van der Waals surface area contributed by atoms with Crippen LogP contribution >= 0.6 is 11.6 Å². The first-order valence-electron chi connectivity index (χ1n) is 17.8. The highest BCUT2D eigenvalue weighted by atomic mass is 35.5. The predicted molar refractivity (Wildman–Crippen MR) is 192 cm³/mol. The average Bonchev–Trinajstić information content (AvgIpc) is 3.08. The first-order valence-corrected chi connectivity index (χ1v) is 18.2. The van der Waals surface area contributed by atoms with Gasteiger partial charge in [-0.1, -0.05) is 158 Å². The molecule has 0 saturated heterocycles. The number of ether oxygens (including phenoxy) is 2. The first-order chi connectivity index (χ1) is 22.5. The molecule has 3 aromatic rings. The van der Waals surface area contributed by atoms with E-state index in [9.17, 15) is 9.59 Å². The summed E-state index contributed by atoms with van der Waals surface area (Å²) in [5.41, 5.74) is 3.52. The van der Waals surface area contributed by atoms with Crippen molar-refractivity contribution in [3.05, 3.63) is 90.0 Å². The van der Waals surface area contributed by atoms with Crippen molar-refractivity contribution >= 4 is 23.5 Å². The van der Waals surface area contributed by atoms with E-state index in [1.807, 2.05) is 66.7 Å². The van der Waals surface area contributed by atoms with Gasteiger partial charge < -0.3 is 9.47 Å². The maximum absolute atomic E-state index is 12.5. The molecule has 3 aromatic carbocycles. The van der Waals surface area contributed by atoms with Gasteiger partial charge in [0.2, 0.25) is 0 Å². The van der Waals surface area contributed by atoms with Crippen molar-refractivity contribution < 1.29 is 19.1 Å². The maximum atomic E-state index is 12.5. The fraction of sp³-hybridized carbons (Fsp3) is 0.512. The van der Waals surface area contributed by atoms with Crippen molar-refractivity contribution in [2.24, 2.45) is 0 Å². The van der Waals surface area contributed by atoms with Gasteiger partial charge in [0.1, 0.15) is 12.4 Å². The van der Waals surface area contributed by atoms with E-state index in [1.165, 1.54) is 89.9 Å². The second-order valence-corrected chi connectivity index (χ2v) is 13.1. The van der Waals surface area contributed by atoms with Crippen LogP contribution < -0.4 is 4.74 Å². The minimum atomic E-state index is -0.392. The molecular formula is C41H55ClO4. The summed E-state index contributed by atoms with van der Waals surface area (Å²) in [6, 6.07) is 24.7. The van der Waals surface area contributed by atoms with Gasteiger partial charge in [-0.05, 0) is 53.8 Å². The fourth-order valence-corrected chi connectivity index (χ4v) is 5.93. The molecule has 3 rings (SSSR count). The zero-order chi connectivity index (χ0) is 32.7. The lowest BCUT2D eigenvalue weighted by molar-refractivity contribution is -0.134. The quantitative estimate of drug-likeness (QED) is 0.0420. The Morgan fingerprint density at radius 2 is 1.09 bits per heavy atom. The molecule has 0 heterocycles. The van der Waals surface area contributed by atoms with Gasteiger partial charge >= 0.3 is 11.9 Å². The molecule has 0 aliphatic carbocycles. The molecule has 5 heteroatoms. The second kappa shape index (κ2) is 23.2. The number of esters is 2. The normalized spacial score (nSPS) is 11.7. The summed E-state index contributed by atoms with van der Waals surface area (Å²) in [4.78, 5) is 24.8. The van der Waals surface area contributed by atoms with Crippen molar-refractivity contribution in [3.63, 3.8) is 0 Å². The Labute approximate surface area is 283 Å². The summed E-state index contributed by atoms with van der Waals surface area (Å²) < 4.78 is 11.0. The van der Waals surface area contributed by atoms with Crippen molar-refractivity contribution in [2.45, 2.75) is 128 Å². The van der Waals surface area contributed by atoms with E-state index in [0.717, 1.165) is 29.5 Å². The number of halogens is 1. The molecule has 0 aromatic heterocycles. The molecule has 46 heavy (non-hydrogen) atoms. The van der Waals surface area contributed by atoms with E-state index in [-0.39, 0.29) is 18.0 Å². The Balaban J connectivity index is 1.22. The number of carbonyl (C=O) groups is 2. The highest BCUT2D eigenvalue weighted by Crippen LogP contribution is 2.24. The van der Waals surface area contributed by atoms with Gasteiger partial charge in [-0.15, -0.1) is 11.6 Å². The van der Waals surface area contributed by atoms with Crippen LogP contribution in [0.3, 0.4) is 0 Å². The van der Waals surface area contributed by atoms with Crippen LogP contribution in [0.4, 0.5) is 0 Å². The molecule has 0 fully saturated rings.